The van der Waals surface area contributed by atoms with E-state index in [2.05, 4.69) is 0 Å². The Morgan fingerprint density at radius 3 is 2.41 bits per heavy atom. The van der Waals surface area contributed by atoms with E-state index in [0.29, 0.717) is 10.7 Å². The minimum absolute atomic E-state index is 0.168. The molecular formula is C20H23ClNO4P. The number of carbonyl (C=O) groups excluding carboxylic acids is 2. The molecule has 1 aromatic rings. The molecule has 27 heavy (non-hydrogen) atoms. The van der Waals surface area contributed by atoms with Crippen molar-refractivity contribution in [3.63, 3.8) is 0 Å². The molecule has 0 saturated carbocycles. The summed E-state index contributed by atoms with van der Waals surface area (Å²) in [7, 11) is -3.20. The summed E-state index contributed by atoms with van der Waals surface area (Å²) >= 11 is 6.61. The molecule has 144 valence electrons. The first-order chi connectivity index (χ1) is 12.6. The van der Waals surface area contributed by atoms with Crippen LogP contribution in [0.1, 0.15) is 27.7 Å². The molecule has 2 saturated heterocycles. The van der Waals surface area contributed by atoms with Gasteiger partial charge in [-0.3, -0.25) is 14.2 Å². The molecule has 0 spiro atoms. The number of para-hydroxylation sites is 1. The van der Waals surface area contributed by atoms with E-state index in [1.165, 1.54) is 4.90 Å². The molecule has 1 aromatic carbocycles. The molecular weight excluding hydrogens is 385 g/mol. The number of benzene rings is 1. The minimum atomic E-state index is -3.20. The minimum Gasteiger partial charge on any atom is -0.328 e. The van der Waals surface area contributed by atoms with Crippen LogP contribution in [0.3, 0.4) is 0 Å². The number of hydrogen-bond donors (Lipinski definition) is 0. The van der Waals surface area contributed by atoms with Gasteiger partial charge >= 0.3 is 0 Å². The first-order valence-electron chi connectivity index (χ1n) is 9.13. The van der Waals surface area contributed by atoms with Crippen LogP contribution in [0, 0.1) is 16.2 Å². The Morgan fingerprint density at radius 2 is 1.81 bits per heavy atom. The summed E-state index contributed by atoms with van der Waals surface area (Å²) in [6.07, 6.45) is 1.88. The fraction of sp³-hybridized carbons (Fsp3) is 0.500. The maximum Gasteiger partial charge on any atom is 0.241 e. The molecule has 2 bridgehead atoms. The Bertz CT molecular complexity index is 931. The summed E-state index contributed by atoms with van der Waals surface area (Å²) in [5, 5.41) is 0.495. The lowest BCUT2D eigenvalue weighted by molar-refractivity contribution is -0.142. The molecule has 2 fully saturated rings. The Labute approximate surface area is 164 Å². The van der Waals surface area contributed by atoms with E-state index in [0.717, 1.165) is 0 Å². The van der Waals surface area contributed by atoms with Crippen LogP contribution in [-0.2, 0) is 18.7 Å². The maximum absolute atomic E-state index is 13.8. The van der Waals surface area contributed by atoms with E-state index in [4.69, 9.17) is 16.1 Å². The van der Waals surface area contributed by atoms with Crippen LogP contribution in [-0.4, -0.2) is 30.2 Å². The summed E-state index contributed by atoms with van der Waals surface area (Å²) in [4.78, 5) is 28.6. The summed E-state index contributed by atoms with van der Waals surface area (Å²) < 4.78 is 19.5. The smallest absolute Gasteiger partial charge is 0.241 e. The number of fused-ring (bicyclic) bond motifs is 1. The van der Waals surface area contributed by atoms with E-state index in [9.17, 15) is 14.2 Å². The van der Waals surface area contributed by atoms with Crippen molar-refractivity contribution in [3.8, 4) is 0 Å². The number of imide groups is 1. The van der Waals surface area contributed by atoms with E-state index >= 15 is 0 Å². The van der Waals surface area contributed by atoms with Crippen molar-refractivity contribution in [2.45, 2.75) is 33.4 Å². The van der Waals surface area contributed by atoms with Crippen LogP contribution in [0.2, 0.25) is 0 Å². The number of amides is 2. The van der Waals surface area contributed by atoms with Crippen LogP contribution in [0.15, 0.2) is 41.4 Å². The number of rotatable bonds is 3. The van der Waals surface area contributed by atoms with Gasteiger partial charge in [0.1, 0.15) is 0 Å². The topological polar surface area (TPSA) is 63.7 Å². The van der Waals surface area contributed by atoms with Gasteiger partial charge in [-0.2, -0.15) is 0 Å². The number of carbonyl (C=O) groups is 2. The highest BCUT2D eigenvalue weighted by molar-refractivity contribution is 7.60. The highest BCUT2D eigenvalue weighted by Crippen LogP contribution is 2.80. The van der Waals surface area contributed by atoms with Crippen molar-refractivity contribution in [1.82, 2.24) is 0 Å². The fourth-order valence-electron chi connectivity index (χ4n) is 5.38. The van der Waals surface area contributed by atoms with Gasteiger partial charge in [0, 0.05) is 16.6 Å². The molecule has 3 heterocycles. The first kappa shape index (κ1) is 18.9. The fourth-order valence-corrected chi connectivity index (χ4v) is 9.73. The molecule has 5 unspecified atom stereocenters. The second kappa shape index (κ2) is 5.56. The van der Waals surface area contributed by atoms with Gasteiger partial charge in [-0.1, -0.05) is 42.8 Å². The van der Waals surface area contributed by atoms with Crippen molar-refractivity contribution in [3.05, 3.63) is 41.4 Å². The predicted octanol–water partition coefficient (Wildman–Crippen LogP) is 4.41. The van der Waals surface area contributed by atoms with Crippen LogP contribution in [0.4, 0.5) is 5.69 Å². The van der Waals surface area contributed by atoms with Crippen molar-refractivity contribution in [2.75, 3.05) is 17.7 Å². The van der Waals surface area contributed by atoms with Gasteiger partial charge in [-0.25, -0.2) is 4.90 Å². The molecule has 5 rings (SSSR count). The molecule has 0 radical (unpaired) electrons. The maximum atomic E-state index is 13.8. The van der Waals surface area contributed by atoms with Gasteiger partial charge in [0.05, 0.1) is 28.8 Å². The Kier molecular flexibility index (Phi) is 3.90. The molecule has 5 atom stereocenters. The molecule has 4 aliphatic rings. The number of allylic oxidation sites excluding steroid dienone is 2. The average Bonchev–Trinajstić information content (AvgIpc) is 2.78. The van der Waals surface area contributed by atoms with Gasteiger partial charge in [0.15, 0.2) is 0 Å². The van der Waals surface area contributed by atoms with Crippen LogP contribution in [0.25, 0.3) is 0 Å². The third-order valence-corrected chi connectivity index (χ3v) is 11.0. The molecule has 0 N–H and O–H groups in total. The standard InChI is InChI=1S/C20H23ClNO4P/c1-5-26-27(25)12-18(2)14(21)11-15(27)19(3)16(23)22(17(24)20(18,19)4)13-9-7-6-8-10-13/h6-11,15H,5,12H2,1-4H3. The van der Waals surface area contributed by atoms with Crippen LogP contribution >= 0.6 is 19.0 Å². The summed E-state index contributed by atoms with van der Waals surface area (Å²) in [5.41, 5.74) is -3.41. The van der Waals surface area contributed by atoms with Gasteiger partial charge in [0.2, 0.25) is 19.2 Å². The SMILES string of the molecule is CCOP1(=O)CC2(C)C(Cl)=CC1C1(C)C(=O)N(c3ccccc3)C(=O)C21C. The van der Waals surface area contributed by atoms with Crippen LogP contribution < -0.4 is 4.90 Å². The van der Waals surface area contributed by atoms with Gasteiger partial charge in [0.25, 0.3) is 0 Å². The number of halogens is 1. The molecule has 3 aliphatic heterocycles. The first-order valence-corrected chi connectivity index (χ1v) is 11.4. The summed E-state index contributed by atoms with van der Waals surface area (Å²) in [5.74, 6) is -0.625. The van der Waals surface area contributed by atoms with Crippen molar-refractivity contribution >= 4 is 36.5 Å². The lowest BCUT2D eigenvalue weighted by atomic mass is 9.50. The lowest BCUT2D eigenvalue weighted by Crippen LogP contribution is -2.64. The highest BCUT2D eigenvalue weighted by Gasteiger charge is 2.81. The Morgan fingerprint density at radius 1 is 1.19 bits per heavy atom. The molecule has 5 nitrogen and oxygen atoms in total. The number of anilines is 1. The molecule has 0 aromatic heterocycles. The highest BCUT2D eigenvalue weighted by atomic mass is 35.5. The van der Waals surface area contributed by atoms with Gasteiger partial charge < -0.3 is 4.52 Å². The zero-order valence-electron chi connectivity index (χ0n) is 15.9. The van der Waals surface area contributed by atoms with E-state index in [1.54, 1.807) is 51.1 Å². The van der Waals surface area contributed by atoms with E-state index in [1.807, 2.05) is 13.0 Å². The average molecular weight is 408 g/mol. The quantitative estimate of drug-likeness (QED) is 0.550. The third kappa shape index (κ3) is 1.93. The second-order valence-electron chi connectivity index (χ2n) is 8.20. The summed E-state index contributed by atoms with van der Waals surface area (Å²) in [6.45, 7) is 7.46. The van der Waals surface area contributed by atoms with Crippen molar-refractivity contribution in [2.24, 2.45) is 16.2 Å². The number of hydrogen-bond acceptors (Lipinski definition) is 4. The second-order valence-corrected chi connectivity index (χ2v) is 11.2. The zero-order chi connectivity index (χ0) is 19.8. The predicted molar refractivity (Wildman–Crippen MR) is 105 cm³/mol. The monoisotopic (exact) mass is 407 g/mol. The van der Waals surface area contributed by atoms with E-state index in [-0.39, 0.29) is 24.6 Å². The van der Waals surface area contributed by atoms with Gasteiger partial charge in [-0.15, -0.1) is 0 Å². The molecule has 7 heteroatoms. The van der Waals surface area contributed by atoms with E-state index < -0.39 is 29.3 Å². The van der Waals surface area contributed by atoms with Crippen molar-refractivity contribution in [1.29, 1.82) is 0 Å². The number of nitrogens with zero attached hydrogens (tertiary/aromatic N) is 1. The lowest BCUT2D eigenvalue weighted by Gasteiger charge is -2.61. The Hall–Kier alpha value is -1.42. The molecule has 1 aliphatic carbocycles. The van der Waals surface area contributed by atoms with Gasteiger partial charge in [-0.05, 0) is 32.9 Å². The molecule has 2 amide bonds. The van der Waals surface area contributed by atoms with Crippen LogP contribution in [0.5, 0.6) is 0 Å². The third-order valence-electron chi connectivity index (χ3n) is 7.17. The largest absolute Gasteiger partial charge is 0.328 e. The normalized spacial score (nSPS) is 43.1. The summed E-state index contributed by atoms with van der Waals surface area (Å²) in [6, 6.07) is 8.88. The Balaban J connectivity index is 1.98. The van der Waals surface area contributed by atoms with Crippen molar-refractivity contribution < 1.29 is 18.7 Å². The zero-order valence-corrected chi connectivity index (χ0v) is 17.5.